The molecule has 1 fully saturated rings. The van der Waals surface area contributed by atoms with Crippen molar-refractivity contribution in [3.8, 4) is 0 Å². The number of rotatable bonds is 5. The number of halogens is 2. The molecule has 18 heavy (non-hydrogen) atoms. The summed E-state index contributed by atoms with van der Waals surface area (Å²) in [4.78, 5) is 2.53. The lowest BCUT2D eigenvalue weighted by atomic mass is 10.2. The van der Waals surface area contributed by atoms with E-state index in [9.17, 15) is 0 Å². The highest BCUT2D eigenvalue weighted by Crippen LogP contribution is 2.21. The molecule has 0 radical (unpaired) electrons. The molecule has 0 bridgehead atoms. The standard InChI is InChI=1S/C14H20BrClN2/c1-11(10-18-6-2-3-7-18)17-9-12-4-5-13(15)8-14(12)16/h4-5,8,11,17H,2-3,6-7,9-10H2,1H3. The van der Waals surface area contributed by atoms with Gasteiger partial charge in [-0.3, -0.25) is 0 Å². The lowest BCUT2D eigenvalue weighted by Crippen LogP contribution is -2.37. The fourth-order valence-corrected chi connectivity index (χ4v) is 3.11. The largest absolute Gasteiger partial charge is 0.309 e. The number of benzene rings is 1. The van der Waals surface area contributed by atoms with Crippen LogP contribution in [-0.2, 0) is 6.54 Å². The highest BCUT2D eigenvalue weighted by molar-refractivity contribution is 9.10. The van der Waals surface area contributed by atoms with Gasteiger partial charge in [-0.15, -0.1) is 0 Å². The van der Waals surface area contributed by atoms with Gasteiger partial charge in [0, 0.05) is 28.6 Å². The minimum absolute atomic E-state index is 0.503. The summed E-state index contributed by atoms with van der Waals surface area (Å²) in [7, 11) is 0. The van der Waals surface area contributed by atoms with Crippen LogP contribution in [0.2, 0.25) is 5.02 Å². The van der Waals surface area contributed by atoms with Crippen LogP contribution in [0, 0.1) is 0 Å². The van der Waals surface area contributed by atoms with E-state index in [1.165, 1.54) is 25.9 Å². The summed E-state index contributed by atoms with van der Waals surface area (Å²) in [5.41, 5.74) is 1.16. The Morgan fingerprint density at radius 2 is 2.11 bits per heavy atom. The van der Waals surface area contributed by atoms with Gasteiger partial charge in [0.15, 0.2) is 0 Å². The molecule has 1 aliphatic rings. The molecule has 1 N–H and O–H groups in total. The molecule has 0 aliphatic carbocycles. The Morgan fingerprint density at radius 3 is 2.78 bits per heavy atom. The van der Waals surface area contributed by atoms with Crippen molar-refractivity contribution < 1.29 is 0 Å². The number of nitrogens with one attached hydrogen (secondary N) is 1. The minimum atomic E-state index is 0.503. The van der Waals surface area contributed by atoms with Gasteiger partial charge in [-0.2, -0.15) is 0 Å². The van der Waals surface area contributed by atoms with Crippen LogP contribution in [0.25, 0.3) is 0 Å². The molecule has 1 saturated heterocycles. The van der Waals surface area contributed by atoms with E-state index < -0.39 is 0 Å². The summed E-state index contributed by atoms with van der Waals surface area (Å²) in [5.74, 6) is 0. The van der Waals surface area contributed by atoms with Crippen LogP contribution in [0.1, 0.15) is 25.3 Å². The number of hydrogen-bond donors (Lipinski definition) is 1. The first-order valence-corrected chi connectivity index (χ1v) is 7.72. The molecule has 2 rings (SSSR count). The summed E-state index contributed by atoms with van der Waals surface area (Å²) >= 11 is 9.63. The van der Waals surface area contributed by atoms with Crippen LogP contribution >= 0.6 is 27.5 Å². The van der Waals surface area contributed by atoms with Gasteiger partial charge in [0.1, 0.15) is 0 Å². The lowest BCUT2D eigenvalue weighted by Gasteiger charge is -2.21. The van der Waals surface area contributed by atoms with Gasteiger partial charge in [0.25, 0.3) is 0 Å². The van der Waals surface area contributed by atoms with Crippen molar-refractivity contribution in [2.75, 3.05) is 19.6 Å². The van der Waals surface area contributed by atoms with Crippen molar-refractivity contribution in [2.45, 2.75) is 32.4 Å². The minimum Gasteiger partial charge on any atom is -0.309 e. The molecule has 2 nitrogen and oxygen atoms in total. The summed E-state index contributed by atoms with van der Waals surface area (Å²) < 4.78 is 1.03. The Kier molecular flexibility index (Phi) is 5.49. The molecule has 100 valence electrons. The van der Waals surface area contributed by atoms with Crippen molar-refractivity contribution in [1.82, 2.24) is 10.2 Å². The molecule has 1 unspecified atom stereocenters. The molecular formula is C14H20BrClN2. The average molecular weight is 332 g/mol. The Hall–Kier alpha value is -0.0900. The van der Waals surface area contributed by atoms with Gasteiger partial charge in [0.05, 0.1) is 0 Å². The van der Waals surface area contributed by atoms with E-state index in [4.69, 9.17) is 11.6 Å². The lowest BCUT2D eigenvalue weighted by molar-refractivity contribution is 0.298. The van der Waals surface area contributed by atoms with Gasteiger partial charge >= 0.3 is 0 Å². The monoisotopic (exact) mass is 330 g/mol. The second kappa shape index (κ2) is 6.90. The van der Waals surface area contributed by atoms with Crippen LogP contribution in [0.4, 0.5) is 0 Å². The van der Waals surface area contributed by atoms with E-state index in [1.54, 1.807) is 0 Å². The predicted octanol–water partition coefficient (Wildman–Crippen LogP) is 3.68. The van der Waals surface area contributed by atoms with Crippen LogP contribution in [0.15, 0.2) is 22.7 Å². The molecular weight excluding hydrogens is 312 g/mol. The van der Waals surface area contributed by atoms with Gasteiger partial charge in [-0.25, -0.2) is 0 Å². The first-order valence-electron chi connectivity index (χ1n) is 6.55. The zero-order valence-corrected chi connectivity index (χ0v) is 13.1. The molecule has 1 aliphatic heterocycles. The smallest absolute Gasteiger partial charge is 0.0462 e. The Balaban J connectivity index is 1.79. The van der Waals surface area contributed by atoms with Gasteiger partial charge in [-0.1, -0.05) is 33.6 Å². The Bertz CT molecular complexity index is 391. The summed E-state index contributed by atoms with van der Waals surface area (Å²) in [6, 6.07) is 6.56. The Morgan fingerprint density at radius 1 is 1.39 bits per heavy atom. The zero-order valence-electron chi connectivity index (χ0n) is 10.8. The number of nitrogens with zero attached hydrogens (tertiary/aromatic N) is 1. The predicted molar refractivity (Wildman–Crippen MR) is 81.1 cm³/mol. The maximum Gasteiger partial charge on any atom is 0.0462 e. The van der Waals surface area contributed by atoms with Crippen LogP contribution in [0.3, 0.4) is 0 Å². The van der Waals surface area contributed by atoms with Crippen LogP contribution in [0.5, 0.6) is 0 Å². The van der Waals surface area contributed by atoms with E-state index in [0.29, 0.717) is 6.04 Å². The van der Waals surface area contributed by atoms with E-state index in [0.717, 1.165) is 28.1 Å². The molecule has 1 heterocycles. The fourth-order valence-electron chi connectivity index (χ4n) is 2.37. The zero-order chi connectivity index (χ0) is 13.0. The molecule has 1 aromatic rings. The molecule has 0 aromatic heterocycles. The highest BCUT2D eigenvalue weighted by Gasteiger charge is 2.14. The molecule has 0 saturated carbocycles. The maximum absolute atomic E-state index is 6.20. The highest BCUT2D eigenvalue weighted by atomic mass is 79.9. The van der Waals surface area contributed by atoms with Crippen LogP contribution < -0.4 is 5.32 Å². The molecule has 0 spiro atoms. The van der Waals surface area contributed by atoms with Gasteiger partial charge < -0.3 is 10.2 Å². The molecule has 1 aromatic carbocycles. The summed E-state index contributed by atoms with van der Waals surface area (Å²) in [6.07, 6.45) is 2.70. The van der Waals surface area contributed by atoms with E-state index in [-0.39, 0.29) is 0 Å². The molecule has 0 amide bonds. The van der Waals surface area contributed by atoms with Crippen molar-refractivity contribution in [3.05, 3.63) is 33.3 Å². The van der Waals surface area contributed by atoms with E-state index >= 15 is 0 Å². The van der Waals surface area contributed by atoms with Crippen LogP contribution in [-0.4, -0.2) is 30.6 Å². The summed E-state index contributed by atoms with van der Waals surface area (Å²) in [5, 5.41) is 4.37. The normalized spacial score (nSPS) is 18.2. The number of hydrogen-bond acceptors (Lipinski definition) is 2. The van der Waals surface area contributed by atoms with Crippen molar-refractivity contribution >= 4 is 27.5 Å². The van der Waals surface area contributed by atoms with E-state index in [2.05, 4.69) is 39.1 Å². The third-order valence-electron chi connectivity index (χ3n) is 3.39. The quantitative estimate of drug-likeness (QED) is 0.885. The SMILES string of the molecule is CC(CN1CCCC1)NCc1ccc(Br)cc1Cl. The summed E-state index contributed by atoms with van der Waals surface area (Å²) in [6.45, 7) is 6.72. The molecule has 1 atom stereocenters. The topological polar surface area (TPSA) is 15.3 Å². The fraction of sp³-hybridized carbons (Fsp3) is 0.571. The Labute approximate surface area is 123 Å². The first-order chi connectivity index (χ1) is 8.65. The number of likely N-dealkylation sites (tertiary alicyclic amines) is 1. The van der Waals surface area contributed by atoms with Gasteiger partial charge in [0.2, 0.25) is 0 Å². The second-order valence-corrected chi connectivity index (χ2v) is 6.35. The van der Waals surface area contributed by atoms with Crippen molar-refractivity contribution in [1.29, 1.82) is 0 Å². The van der Waals surface area contributed by atoms with Crippen molar-refractivity contribution in [3.63, 3.8) is 0 Å². The molecule has 4 heteroatoms. The maximum atomic E-state index is 6.20. The average Bonchev–Trinajstić information content (AvgIpc) is 2.80. The van der Waals surface area contributed by atoms with Crippen molar-refractivity contribution in [2.24, 2.45) is 0 Å². The first kappa shape index (κ1) is 14.3. The second-order valence-electron chi connectivity index (χ2n) is 5.03. The van der Waals surface area contributed by atoms with Gasteiger partial charge in [-0.05, 0) is 50.6 Å². The third-order valence-corrected chi connectivity index (χ3v) is 4.23. The van der Waals surface area contributed by atoms with E-state index in [1.807, 2.05) is 12.1 Å². The third kappa shape index (κ3) is 4.23.